The van der Waals surface area contributed by atoms with Crippen LogP contribution in [0.25, 0.3) is 0 Å². The van der Waals surface area contributed by atoms with Crippen molar-refractivity contribution in [3.05, 3.63) is 29.8 Å². The van der Waals surface area contributed by atoms with E-state index in [-0.39, 0.29) is 5.91 Å². The molecule has 0 radical (unpaired) electrons. The highest BCUT2D eigenvalue weighted by molar-refractivity contribution is 5.75. The van der Waals surface area contributed by atoms with Gasteiger partial charge in [0.25, 0.3) is 0 Å². The summed E-state index contributed by atoms with van der Waals surface area (Å²) in [5.74, 6) is 1.45. The number of hydrogen-bond acceptors (Lipinski definition) is 3. The van der Waals surface area contributed by atoms with Gasteiger partial charge < -0.3 is 15.4 Å². The molecule has 0 saturated carbocycles. The molecule has 106 valence electrons. The van der Waals surface area contributed by atoms with Gasteiger partial charge in [-0.05, 0) is 30.2 Å². The van der Waals surface area contributed by atoms with Gasteiger partial charge in [0.2, 0.25) is 5.91 Å². The van der Waals surface area contributed by atoms with E-state index in [0.717, 1.165) is 18.8 Å². The molecule has 0 bridgehead atoms. The summed E-state index contributed by atoms with van der Waals surface area (Å²) in [6.07, 6.45) is 0.381. The molecule has 0 fully saturated rings. The standard InChI is InChI=1S/C15H24N2O2/c1-12(2)10-17-11-13-5-4-6-14(9-13)19-8-7-15(18)16-3/h4-6,9,12,17H,7-8,10-11H2,1-3H3,(H,16,18). The normalized spacial score (nSPS) is 10.5. The molecule has 0 unspecified atom stereocenters. The molecule has 0 spiro atoms. The molecule has 0 aliphatic carbocycles. The monoisotopic (exact) mass is 264 g/mol. The highest BCUT2D eigenvalue weighted by Gasteiger charge is 2.01. The van der Waals surface area contributed by atoms with Crippen molar-refractivity contribution in [2.75, 3.05) is 20.2 Å². The van der Waals surface area contributed by atoms with Gasteiger partial charge in [0, 0.05) is 13.6 Å². The highest BCUT2D eigenvalue weighted by Crippen LogP contribution is 2.13. The topological polar surface area (TPSA) is 50.4 Å². The largest absolute Gasteiger partial charge is 0.493 e. The zero-order chi connectivity index (χ0) is 14.1. The summed E-state index contributed by atoms with van der Waals surface area (Å²) in [7, 11) is 1.63. The van der Waals surface area contributed by atoms with Crippen LogP contribution in [0.1, 0.15) is 25.8 Å². The summed E-state index contributed by atoms with van der Waals surface area (Å²) in [4.78, 5) is 11.1. The van der Waals surface area contributed by atoms with Crippen LogP contribution in [0, 0.1) is 5.92 Å². The van der Waals surface area contributed by atoms with E-state index in [0.29, 0.717) is 18.9 Å². The van der Waals surface area contributed by atoms with Crippen LogP contribution in [0.5, 0.6) is 5.75 Å². The number of amides is 1. The van der Waals surface area contributed by atoms with Crippen LogP contribution >= 0.6 is 0 Å². The van der Waals surface area contributed by atoms with E-state index in [4.69, 9.17) is 4.74 Å². The maximum atomic E-state index is 11.1. The Bertz CT molecular complexity index is 391. The minimum atomic E-state index is -0.00486. The number of carbonyl (C=O) groups is 1. The summed E-state index contributed by atoms with van der Waals surface area (Å²) in [6.45, 7) is 6.62. The Kier molecular flexibility index (Phi) is 6.97. The first-order chi connectivity index (χ1) is 9.11. The summed E-state index contributed by atoms with van der Waals surface area (Å²) >= 11 is 0. The summed E-state index contributed by atoms with van der Waals surface area (Å²) in [5.41, 5.74) is 1.19. The number of rotatable bonds is 8. The van der Waals surface area contributed by atoms with E-state index < -0.39 is 0 Å². The highest BCUT2D eigenvalue weighted by atomic mass is 16.5. The van der Waals surface area contributed by atoms with E-state index >= 15 is 0 Å². The summed E-state index contributed by atoms with van der Waals surface area (Å²) in [6, 6.07) is 7.97. The Balaban J connectivity index is 2.37. The molecule has 1 rings (SSSR count). The van der Waals surface area contributed by atoms with Gasteiger partial charge in [-0.1, -0.05) is 26.0 Å². The zero-order valence-electron chi connectivity index (χ0n) is 12.0. The molecule has 0 heterocycles. The van der Waals surface area contributed by atoms with Crippen LogP contribution in [0.3, 0.4) is 0 Å². The zero-order valence-corrected chi connectivity index (χ0v) is 12.0. The lowest BCUT2D eigenvalue weighted by atomic mass is 10.2. The van der Waals surface area contributed by atoms with Crippen LogP contribution in [0.15, 0.2) is 24.3 Å². The van der Waals surface area contributed by atoms with Gasteiger partial charge in [-0.2, -0.15) is 0 Å². The Morgan fingerprint density at radius 2 is 2.16 bits per heavy atom. The first kappa shape index (κ1) is 15.5. The Hall–Kier alpha value is -1.55. The van der Waals surface area contributed by atoms with Gasteiger partial charge in [0.1, 0.15) is 5.75 Å². The molecular weight excluding hydrogens is 240 g/mol. The Morgan fingerprint density at radius 3 is 2.84 bits per heavy atom. The van der Waals surface area contributed by atoms with Gasteiger partial charge in [0.05, 0.1) is 13.0 Å². The molecule has 2 N–H and O–H groups in total. The predicted molar refractivity (Wildman–Crippen MR) is 77.2 cm³/mol. The predicted octanol–water partition coefficient (Wildman–Crippen LogP) is 1.95. The van der Waals surface area contributed by atoms with Crippen molar-refractivity contribution in [2.24, 2.45) is 5.92 Å². The number of carbonyl (C=O) groups excluding carboxylic acids is 1. The molecule has 19 heavy (non-hydrogen) atoms. The lowest BCUT2D eigenvalue weighted by molar-refractivity contribution is -0.121. The first-order valence-corrected chi connectivity index (χ1v) is 6.75. The third kappa shape index (κ3) is 6.82. The first-order valence-electron chi connectivity index (χ1n) is 6.75. The van der Waals surface area contributed by atoms with Gasteiger partial charge in [-0.3, -0.25) is 4.79 Å². The number of benzene rings is 1. The second-order valence-corrected chi connectivity index (χ2v) is 4.94. The average molecular weight is 264 g/mol. The molecule has 0 aromatic heterocycles. The maximum Gasteiger partial charge on any atom is 0.223 e. The molecule has 1 amide bonds. The van der Waals surface area contributed by atoms with Crippen LogP contribution in [-0.4, -0.2) is 26.1 Å². The van der Waals surface area contributed by atoms with E-state index in [2.05, 4.69) is 30.5 Å². The average Bonchev–Trinajstić information content (AvgIpc) is 2.38. The molecule has 0 aliphatic rings. The Morgan fingerprint density at radius 1 is 1.37 bits per heavy atom. The number of nitrogens with one attached hydrogen (secondary N) is 2. The van der Waals surface area contributed by atoms with Crippen molar-refractivity contribution in [3.63, 3.8) is 0 Å². The third-order valence-corrected chi connectivity index (χ3v) is 2.66. The van der Waals surface area contributed by atoms with E-state index in [9.17, 15) is 4.79 Å². The summed E-state index contributed by atoms with van der Waals surface area (Å²) < 4.78 is 5.56. The lowest BCUT2D eigenvalue weighted by Gasteiger charge is -2.10. The van der Waals surface area contributed by atoms with Crippen molar-refractivity contribution in [1.29, 1.82) is 0 Å². The quantitative estimate of drug-likeness (QED) is 0.754. The van der Waals surface area contributed by atoms with E-state index in [1.165, 1.54) is 5.56 Å². The molecule has 4 heteroatoms. The SMILES string of the molecule is CNC(=O)CCOc1cccc(CNCC(C)C)c1. The molecule has 0 aliphatic heterocycles. The minimum Gasteiger partial charge on any atom is -0.493 e. The molecule has 1 aromatic carbocycles. The van der Waals surface area contributed by atoms with Crippen molar-refractivity contribution >= 4 is 5.91 Å². The van der Waals surface area contributed by atoms with Crippen LogP contribution in [-0.2, 0) is 11.3 Å². The second kappa shape index (κ2) is 8.53. The second-order valence-electron chi connectivity index (χ2n) is 4.94. The molecule has 0 saturated heterocycles. The molecule has 0 atom stereocenters. The fourth-order valence-electron chi connectivity index (χ4n) is 1.64. The van der Waals surface area contributed by atoms with Crippen molar-refractivity contribution in [2.45, 2.75) is 26.8 Å². The lowest BCUT2D eigenvalue weighted by Crippen LogP contribution is -2.20. The van der Waals surface area contributed by atoms with Crippen molar-refractivity contribution in [3.8, 4) is 5.75 Å². The van der Waals surface area contributed by atoms with E-state index in [1.807, 2.05) is 18.2 Å². The van der Waals surface area contributed by atoms with Crippen molar-refractivity contribution < 1.29 is 9.53 Å². The van der Waals surface area contributed by atoms with E-state index in [1.54, 1.807) is 7.05 Å². The van der Waals surface area contributed by atoms with Gasteiger partial charge in [-0.15, -0.1) is 0 Å². The molecular formula is C15H24N2O2. The molecule has 4 nitrogen and oxygen atoms in total. The summed E-state index contributed by atoms with van der Waals surface area (Å²) in [5, 5.41) is 5.96. The van der Waals surface area contributed by atoms with Gasteiger partial charge in [0.15, 0.2) is 0 Å². The number of ether oxygens (including phenoxy) is 1. The van der Waals surface area contributed by atoms with Crippen LogP contribution < -0.4 is 15.4 Å². The van der Waals surface area contributed by atoms with Crippen LogP contribution in [0.4, 0.5) is 0 Å². The fraction of sp³-hybridized carbons (Fsp3) is 0.533. The third-order valence-electron chi connectivity index (χ3n) is 2.66. The minimum absolute atomic E-state index is 0.00486. The van der Waals surface area contributed by atoms with Gasteiger partial charge >= 0.3 is 0 Å². The number of hydrogen-bond donors (Lipinski definition) is 2. The maximum absolute atomic E-state index is 11.1. The van der Waals surface area contributed by atoms with Crippen molar-refractivity contribution in [1.82, 2.24) is 10.6 Å². The molecule has 1 aromatic rings. The van der Waals surface area contributed by atoms with Crippen LogP contribution in [0.2, 0.25) is 0 Å². The Labute approximate surface area is 115 Å². The van der Waals surface area contributed by atoms with Gasteiger partial charge in [-0.25, -0.2) is 0 Å². The smallest absolute Gasteiger partial charge is 0.223 e. The fourth-order valence-corrected chi connectivity index (χ4v) is 1.64.